The number of anilines is 1. The highest BCUT2D eigenvalue weighted by Crippen LogP contribution is 2.44. The number of nitrogens with zero attached hydrogens (tertiary/aromatic N) is 2. The van der Waals surface area contributed by atoms with Crippen LogP contribution in [0.3, 0.4) is 0 Å². The van der Waals surface area contributed by atoms with Gasteiger partial charge in [-0.05, 0) is 12.1 Å². The van der Waals surface area contributed by atoms with Crippen LogP contribution in [0, 0.1) is 0 Å². The highest BCUT2D eigenvalue weighted by Gasteiger charge is 2.50. The first kappa shape index (κ1) is 19.0. The van der Waals surface area contributed by atoms with Crippen molar-refractivity contribution in [3.8, 4) is 11.5 Å². The van der Waals surface area contributed by atoms with Gasteiger partial charge in [-0.1, -0.05) is 11.8 Å². The summed E-state index contributed by atoms with van der Waals surface area (Å²) >= 11 is 1.30. The SMILES string of the molecule is COCC(=O)N=C1S[C@@H]2CS(=O)(=O)C[C@H]2N1c1cc(OC)ccc1OC. The summed E-state index contributed by atoms with van der Waals surface area (Å²) in [5, 5.41) is 0.258. The van der Waals surface area contributed by atoms with E-state index in [9.17, 15) is 13.2 Å². The first-order chi connectivity index (χ1) is 12.4. The Labute approximate surface area is 156 Å². The number of hydrogen-bond donors (Lipinski definition) is 0. The molecule has 2 aliphatic heterocycles. The van der Waals surface area contributed by atoms with Crippen LogP contribution in [-0.4, -0.2) is 70.2 Å². The number of methoxy groups -OCH3 is 3. The second-order valence-electron chi connectivity index (χ2n) is 5.93. The fourth-order valence-corrected chi connectivity index (χ4v) is 7.02. The van der Waals surface area contributed by atoms with E-state index in [1.54, 1.807) is 30.2 Å². The lowest BCUT2D eigenvalue weighted by Crippen LogP contribution is -2.38. The molecule has 0 bridgehead atoms. The molecule has 0 aromatic heterocycles. The topological polar surface area (TPSA) is 94.5 Å². The molecule has 10 heteroatoms. The van der Waals surface area contributed by atoms with Crippen molar-refractivity contribution in [3.05, 3.63) is 18.2 Å². The number of ether oxygens (including phenoxy) is 3. The van der Waals surface area contributed by atoms with E-state index < -0.39 is 15.7 Å². The predicted octanol–water partition coefficient (Wildman–Crippen LogP) is 0.952. The molecule has 2 heterocycles. The third-order valence-corrected chi connectivity index (χ3v) is 7.41. The molecule has 2 saturated heterocycles. The Morgan fingerprint density at radius 3 is 2.69 bits per heavy atom. The monoisotopic (exact) mass is 400 g/mol. The van der Waals surface area contributed by atoms with Crippen LogP contribution in [-0.2, 0) is 19.4 Å². The van der Waals surface area contributed by atoms with Crippen molar-refractivity contribution in [1.82, 2.24) is 0 Å². The van der Waals surface area contributed by atoms with Crippen LogP contribution in [0.25, 0.3) is 0 Å². The van der Waals surface area contributed by atoms with E-state index in [1.165, 1.54) is 26.0 Å². The maximum atomic E-state index is 12.1. The summed E-state index contributed by atoms with van der Waals surface area (Å²) in [6.07, 6.45) is 0. The third kappa shape index (κ3) is 3.67. The smallest absolute Gasteiger partial charge is 0.274 e. The first-order valence-corrected chi connectivity index (χ1v) is 10.6. The zero-order valence-corrected chi connectivity index (χ0v) is 16.3. The van der Waals surface area contributed by atoms with E-state index in [4.69, 9.17) is 14.2 Å². The molecule has 0 spiro atoms. The summed E-state index contributed by atoms with van der Waals surface area (Å²) in [6, 6.07) is 4.93. The lowest BCUT2D eigenvalue weighted by molar-refractivity contribution is -0.121. The summed E-state index contributed by atoms with van der Waals surface area (Å²) in [5.41, 5.74) is 0.618. The minimum absolute atomic E-state index is 0.00250. The van der Waals surface area contributed by atoms with Crippen molar-refractivity contribution in [2.75, 3.05) is 44.3 Å². The molecule has 2 aliphatic rings. The second-order valence-corrected chi connectivity index (χ2v) is 9.29. The molecule has 0 radical (unpaired) electrons. The van der Waals surface area contributed by atoms with E-state index in [0.29, 0.717) is 22.4 Å². The number of rotatable bonds is 5. The van der Waals surface area contributed by atoms with E-state index in [2.05, 4.69) is 4.99 Å². The molecular formula is C16H20N2O6S2. The Bertz CT molecular complexity index is 839. The molecule has 2 atom stereocenters. The summed E-state index contributed by atoms with van der Waals surface area (Å²) in [6.45, 7) is -0.138. The highest BCUT2D eigenvalue weighted by atomic mass is 32.2. The Hall–Kier alpha value is -1.78. The molecule has 26 heavy (non-hydrogen) atoms. The number of carbonyl (C=O) groups is 1. The standard InChI is InChI=1S/C16H20N2O6S2/c1-22-7-15(19)17-16-18(12-8-26(20,21)9-14(12)25-16)11-6-10(23-2)4-5-13(11)24-3/h4-6,12,14H,7-9H2,1-3H3/t12-,14-/m1/s1. The van der Waals surface area contributed by atoms with E-state index in [1.807, 2.05) is 0 Å². The number of sulfone groups is 1. The summed E-state index contributed by atoms with van der Waals surface area (Å²) in [7, 11) is 1.36. The largest absolute Gasteiger partial charge is 0.497 e. The van der Waals surface area contributed by atoms with Crippen LogP contribution in [0.5, 0.6) is 11.5 Å². The number of thioether (sulfide) groups is 1. The molecule has 1 aromatic rings. The normalized spacial score (nSPS) is 25.3. The summed E-state index contributed by atoms with van der Waals surface area (Å²) in [4.78, 5) is 17.9. The van der Waals surface area contributed by atoms with Gasteiger partial charge in [-0.3, -0.25) is 4.79 Å². The van der Waals surface area contributed by atoms with Gasteiger partial charge in [0, 0.05) is 18.4 Å². The van der Waals surface area contributed by atoms with Crippen molar-refractivity contribution in [2.45, 2.75) is 11.3 Å². The second kappa shape index (κ2) is 7.45. The van der Waals surface area contributed by atoms with Gasteiger partial charge >= 0.3 is 0 Å². The molecule has 0 N–H and O–H groups in total. The lowest BCUT2D eigenvalue weighted by Gasteiger charge is -2.26. The Morgan fingerprint density at radius 2 is 2.04 bits per heavy atom. The van der Waals surface area contributed by atoms with E-state index >= 15 is 0 Å². The van der Waals surface area contributed by atoms with Crippen molar-refractivity contribution in [3.63, 3.8) is 0 Å². The van der Waals surface area contributed by atoms with Crippen LogP contribution in [0.1, 0.15) is 0 Å². The number of amidine groups is 1. The zero-order valence-electron chi connectivity index (χ0n) is 14.7. The molecule has 0 aliphatic carbocycles. The molecule has 0 unspecified atom stereocenters. The van der Waals surface area contributed by atoms with E-state index in [0.717, 1.165) is 0 Å². The molecular weight excluding hydrogens is 380 g/mol. The van der Waals surface area contributed by atoms with E-state index in [-0.39, 0.29) is 29.4 Å². The molecule has 142 valence electrons. The maximum absolute atomic E-state index is 12.1. The Kier molecular flexibility index (Phi) is 5.44. The average molecular weight is 400 g/mol. The molecule has 8 nitrogen and oxygen atoms in total. The van der Waals surface area contributed by atoms with Crippen molar-refractivity contribution in [2.24, 2.45) is 4.99 Å². The van der Waals surface area contributed by atoms with Crippen LogP contribution >= 0.6 is 11.8 Å². The molecule has 1 aromatic carbocycles. The predicted molar refractivity (Wildman–Crippen MR) is 100 cm³/mol. The Balaban J connectivity index is 2.08. The quantitative estimate of drug-likeness (QED) is 0.721. The lowest BCUT2D eigenvalue weighted by atomic mass is 10.2. The number of fused-ring (bicyclic) bond motifs is 1. The van der Waals surface area contributed by atoms with Gasteiger partial charge in [0.1, 0.15) is 18.1 Å². The number of benzene rings is 1. The first-order valence-electron chi connectivity index (χ1n) is 7.87. The highest BCUT2D eigenvalue weighted by molar-refractivity contribution is 8.16. The molecule has 1 amide bonds. The minimum Gasteiger partial charge on any atom is -0.497 e. The van der Waals surface area contributed by atoms with Gasteiger partial charge in [-0.25, -0.2) is 8.42 Å². The summed E-state index contributed by atoms with van der Waals surface area (Å²) in [5.74, 6) is 0.774. The van der Waals surface area contributed by atoms with Crippen molar-refractivity contribution >= 4 is 38.4 Å². The fraction of sp³-hybridized carbons (Fsp3) is 0.500. The van der Waals surface area contributed by atoms with Crippen LogP contribution in [0.2, 0.25) is 0 Å². The van der Waals surface area contributed by atoms with Gasteiger partial charge in [0.05, 0.1) is 37.5 Å². The average Bonchev–Trinajstić information content (AvgIpc) is 3.05. The third-order valence-electron chi connectivity index (χ3n) is 4.20. The molecule has 2 fully saturated rings. The van der Waals surface area contributed by atoms with Crippen molar-refractivity contribution in [1.29, 1.82) is 0 Å². The van der Waals surface area contributed by atoms with Crippen LogP contribution in [0.4, 0.5) is 5.69 Å². The van der Waals surface area contributed by atoms with Gasteiger partial charge in [0.15, 0.2) is 15.0 Å². The van der Waals surface area contributed by atoms with Gasteiger partial charge in [0.2, 0.25) is 0 Å². The van der Waals surface area contributed by atoms with Crippen LogP contribution in [0.15, 0.2) is 23.2 Å². The van der Waals surface area contributed by atoms with Gasteiger partial charge in [-0.2, -0.15) is 4.99 Å². The Morgan fingerprint density at radius 1 is 1.27 bits per heavy atom. The van der Waals surface area contributed by atoms with Gasteiger partial charge < -0.3 is 19.1 Å². The molecule has 3 rings (SSSR count). The number of amides is 1. The number of hydrogen-bond acceptors (Lipinski definition) is 7. The minimum atomic E-state index is -3.14. The molecule has 0 saturated carbocycles. The summed E-state index contributed by atoms with van der Waals surface area (Å²) < 4.78 is 39.8. The fourth-order valence-electron chi connectivity index (χ4n) is 3.09. The zero-order chi connectivity index (χ0) is 18.9. The number of carbonyl (C=O) groups excluding carboxylic acids is 1. The van der Waals surface area contributed by atoms with Gasteiger partial charge in [0.25, 0.3) is 5.91 Å². The maximum Gasteiger partial charge on any atom is 0.274 e. The van der Waals surface area contributed by atoms with Gasteiger partial charge in [-0.15, -0.1) is 0 Å². The number of aliphatic imine (C=N–C) groups is 1. The van der Waals surface area contributed by atoms with Crippen molar-refractivity contribution < 1.29 is 27.4 Å². The van der Waals surface area contributed by atoms with Crippen LogP contribution < -0.4 is 14.4 Å².